The number of nitriles is 1. The summed E-state index contributed by atoms with van der Waals surface area (Å²) < 4.78 is 5.06. The molecule has 0 aromatic heterocycles. The average molecular weight is 224 g/mol. The van der Waals surface area contributed by atoms with Crippen LogP contribution in [0, 0.1) is 11.3 Å². The molecule has 0 amide bonds. The van der Waals surface area contributed by atoms with Crippen molar-refractivity contribution in [2.45, 2.75) is 32.1 Å². The Kier molecular flexibility index (Phi) is 11.6. The van der Waals surface area contributed by atoms with Crippen LogP contribution in [0.1, 0.15) is 32.1 Å². The molecule has 0 aliphatic rings. The van der Waals surface area contributed by atoms with Gasteiger partial charge in [-0.1, -0.05) is 12.5 Å². The highest BCUT2D eigenvalue weighted by molar-refractivity contribution is 4.72. The summed E-state index contributed by atoms with van der Waals surface area (Å²) in [6, 6.07) is 2.19. The Morgan fingerprint density at radius 1 is 1.25 bits per heavy atom. The minimum Gasteiger partial charge on any atom is -0.383 e. The predicted octanol–water partition coefficient (Wildman–Crippen LogP) is 2.59. The number of nitrogens with zero attached hydrogens (tertiary/aromatic N) is 2. The fourth-order valence-electron chi connectivity index (χ4n) is 1.56. The Bertz CT molecular complexity index is 199. The van der Waals surface area contributed by atoms with Gasteiger partial charge < -0.3 is 9.64 Å². The van der Waals surface area contributed by atoms with Crippen LogP contribution in [0.2, 0.25) is 0 Å². The topological polar surface area (TPSA) is 36.3 Å². The monoisotopic (exact) mass is 224 g/mol. The molecular weight excluding hydrogens is 200 g/mol. The van der Waals surface area contributed by atoms with Crippen molar-refractivity contribution >= 4 is 0 Å². The van der Waals surface area contributed by atoms with Crippen molar-refractivity contribution in [2.75, 3.05) is 33.4 Å². The molecule has 0 aliphatic heterocycles. The molecule has 0 heterocycles. The van der Waals surface area contributed by atoms with Gasteiger partial charge in [-0.15, -0.1) is 6.58 Å². The van der Waals surface area contributed by atoms with Gasteiger partial charge in [-0.25, -0.2) is 0 Å². The van der Waals surface area contributed by atoms with E-state index in [4.69, 9.17) is 10.00 Å². The number of hydrogen-bond acceptors (Lipinski definition) is 3. The van der Waals surface area contributed by atoms with Crippen LogP contribution >= 0.6 is 0 Å². The molecule has 0 saturated heterocycles. The normalized spacial score (nSPS) is 10.3. The fourth-order valence-corrected chi connectivity index (χ4v) is 1.56. The Morgan fingerprint density at radius 3 is 2.69 bits per heavy atom. The first-order chi connectivity index (χ1) is 7.85. The third-order valence-corrected chi connectivity index (χ3v) is 2.53. The zero-order chi connectivity index (χ0) is 12.1. The lowest BCUT2D eigenvalue weighted by Crippen LogP contribution is -2.29. The molecule has 0 rings (SSSR count). The Morgan fingerprint density at radius 2 is 2.06 bits per heavy atom. The predicted molar refractivity (Wildman–Crippen MR) is 67.2 cm³/mol. The van der Waals surface area contributed by atoms with Gasteiger partial charge in [0, 0.05) is 26.6 Å². The van der Waals surface area contributed by atoms with Crippen LogP contribution in [-0.4, -0.2) is 38.3 Å². The van der Waals surface area contributed by atoms with Gasteiger partial charge in [0.15, 0.2) is 0 Å². The summed E-state index contributed by atoms with van der Waals surface area (Å²) in [7, 11) is 1.71. The molecule has 3 heteroatoms. The summed E-state index contributed by atoms with van der Waals surface area (Å²) in [5, 5.41) is 8.56. The second-order valence-electron chi connectivity index (χ2n) is 3.88. The summed E-state index contributed by atoms with van der Waals surface area (Å²) in [6.07, 6.45) is 7.34. The number of ether oxygens (including phenoxy) is 1. The van der Waals surface area contributed by atoms with Gasteiger partial charge in [-0.05, 0) is 25.8 Å². The highest BCUT2D eigenvalue weighted by Gasteiger charge is 2.03. The van der Waals surface area contributed by atoms with Gasteiger partial charge in [0.1, 0.15) is 0 Å². The average Bonchev–Trinajstić information content (AvgIpc) is 2.31. The molecule has 0 aromatic carbocycles. The van der Waals surface area contributed by atoms with Crippen LogP contribution in [-0.2, 0) is 4.74 Å². The standard InChI is InChI=1S/C13H24N2O/c1-3-4-5-6-7-10-15(11-8-9-14)12-13-16-2/h3H,1,4-8,10-13H2,2H3. The maximum Gasteiger partial charge on any atom is 0.0635 e. The van der Waals surface area contributed by atoms with Crippen molar-refractivity contribution in [1.29, 1.82) is 5.26 Å². The minimum absolute atomic E-state index is 0.608. The third-order valence-electron chi connectivity index (χ3n) is 2.53. The van der Waals surface area contributed by atoms with E-state index in [1.807, 2.05) is 6.08 Å². The Balaban J connectivity index is 3.56. The van der Waals surface area contributed by atoms with Gasteiger partial charge in [-0.3, -0.25) is 0 Å². The number of hydrogen-bond donors (Lipinski definition) is 0. The van der Waals surface area contributed by atoms with Gasteiger partial charge in [0.25, 0.3) is 0 Å². The lowest BCUT2D eigenvalue weighted by atomic mass is 10.2. The van der Waals surface area contributed by atoms with Crippen molar-refractivity contribution in [3.63, 3.8) is 0 Å². The first-order valence-corrected chi connectivity index (χ1v) is 6.04. The van der Waals surface area contributed by atoms with Crippen molar-refractivity contribution in [3.8, 4) is 6.07 Å². The van der Waals surface area contributed by atoms with E-state index in [1.165, 1.54) is 19.3 Å². The lowest BCUT2D eigenvalue weighted by molar-refractivity contribution is 0.147. The number of unbranched alkanes of at least 4 members (excludes halogenated alkanes) is 3. The minimum atomic E-state index is 0.608. The SMILES string of the molecule is C=CCCCCCN(CCC#N)CCOC. The summed E-state index contributed by atoms with van der Waals surface area (Å²) in [5.74, 6) is 0. The van der Waals surface area contributed by atoms with Crippen molar-refractivity contribution in [3.05, 3.63) is 12.7 Å². The zero-order valence-electron chi connectivity index (χ0n) is 10.5. The molecule has 0 bridgehead atoms. The van der Waals surface area contributed by atoms with Gasteiger partial charge in [0.05, 0.1) is 12.7 Å². The first-order valence-electron chi connectivity index (χ1n) is 6.04. The number of allylic oxidation sites excluding steroid dienone is 1. The molecule has 0 N–H and O–H groups in total. The van der Waals surface area contributed by atoms with Crippen LogP contribution in [0.4, 0.5) is 0 Å². The van der Waals surface area contributed by atoms with Crippen LogP contribution < -0.4 is 0 Å². The van der Waals surface area contributed by atoms with Crippen LogP contribution in [0.15, 0.2) is 12.7 Å². The van der Waals surface area contributed by atoms with Gasteiger partial charge in [-0.2, -0.15) is 5.26 Å². The highest BCUT2D eigenvalue weighted by Crippen LogP contribution is 2.02. The van der Waals surface area contributed by atoms with Gasteiger partial charge in [0.2, 0.25) is 0 Å². The van der Waals surface area contributed by atoms with E-state index in [2.05, 4.69) is 17.5 Å². The second kappa shape index (κ2) is 12.2. The van der Waals surface area contributed by atoms with E-state index in [-0.39, 0.29) is 0 Å². The second-order valence-corrected chi connectivity index (χ2v) is 3.88. The quantitative estimate of drug-likeness (QED) is 0.400. The maximum atomic E-state index is 8.56. The van der Waals surface area contributed by atoms with Gasteiger partial charge >= 0.3 is 0 Å². The maximum absolute atomic E-state index is 8.56. The van der Waals surface area contributed by atoms with Crippen molar-refractivity contribution in [1.82, 2.24) is 4.90 Å². The first kappa shape index (κ1) is 15.2. The molecule has 0 saturated carbocycles. The molecular formula is C13H24N2O. The van der Waals surface area contributed by atoms with E-state index in [9.17, 15) is 0 Å². The summed E-state index contributed by atoms with van der Waals surface area (Å²) in [5.41, 5.74) is 0. The Labute approximate surface area is 99.7 Å². The molecule has 0 fully saturated rings. The van der Waals surface area contributed by atoms with E-state index in [0.717, 1.165) is 32.7 Å². The molecule has 0 atom stereocenters. The third kappa shape index (κ3) is 9.70. The highest BCUT2D eigenvalue weighted by atomic mass is 16.5. The molecule has 0 radical (unpaired) electrons. The lowest BCUT2D eigenvalue weighted by Gasteiger charge is -2.20. The molecule has 0 spiro atoms. The van der Waals surface area contributed by atoms with E-state index in [0.29, 0.717) is 6.42 Å². The zero-order valence-corrected chi connectivity index (χ0v) is 10.5. The molecule has 0 unspecified atom stereocenters. The van der Waals surface area contributed by atoms with Crippen LogP contribution in [0.3, 0.4) is 0 Å². The molecule has 92 valence electrons. The molecule has 0 aliphatic carbocycles. The summed E-state index contributed by atoms with van der Waals surface area (Å²) in [4.78, 5) is 2.31. The van der Waals surface area contributed by atoms with Crippen LogP contribution in [0.5, 0.6) is 0 Å². The van der Waals surface area contributed by atoms with Crippen LogP contribution in [0.25, 0.3) is 0 Å². The van der Waals surface area contributed by atoms with E-state index < -0.39 is 0 Å². The Hall–Kier alpha value is -0.850. The fraction of sp³-hybridized carbons (Fsp3) is 0.769. The molecule has 0 aromatic rings. The summed E-state index contributed by atoms with van der Waals surface area (Å²) >= 11 is 0. The number of rotatable bonds is 11. The summed E-state index contributed by atoms with van der Waals surface area (Å²) in [6.45, 7) is 7.32. The number of methoxy groups -OCH3 is 1. The smallest absolute Gasteiger partial charge is 0.0635 e. The van der Waals surface area contributed by atoms with E-state index in [1.54, 1.807) is 7.11 Å². The molecule has 3 nitrogen and oxygen atoms in total. The van der Waals surface area contributed by atoms with Crippen molar-refractivity contribution < 1.29 is 4.74 Å². The molecule has 16 heavy (non-hydrogen) atoms. The van der Waals surface area contributed by atoms with E-state index >= 15 is 0 Å². The largest absolute Gasteiger partial charge is 0.383 e. The van der Waals surface area contributed by atoms with Crippen molar-refractivity contribution in [2.24, 2.45) is 0 Å².